The summed E-state index contributed by atoms with van der Waals surface area (Å²) in [4.78, 5) is 24.8. The maximum Gasteiger partial charge on any atom is 0.251 e. The second-order valence-electron chi connectivity index (χ2n) is 7.04. The lowest BCUT2D eigenvalue weighted by Crippen LogP contribution is -2.58. The standard InChI is InChI=1S/C20H16F6N2O3/c21-12-5-10(6-13(22)16(12)25)18(29)27-9-20(1-3-31-4-2-20)28-19(30)11-7-14(23)17(26)15(24)8-11/h5-8H,1-4,9H2,(H,27,29)(H,28,30). The summed E-state index contributed by atoms with van der Waals surface area (Å²) in [5.74, 6) is -11.5. The van der Waals surface area contributed by atoms with Crippen LogP contribution in [0.5, 0.6) is 0 Å². The molecular formula is C20H16F6N2O3. The highest BCUT2D eigenvalue weighted by Gasteiger charge is 2.35. The molecule has 1 aliphatic rings. The zero-order chi connectivity index (χ0) is 22.8. The van der Waals surface area contributed by atoms with Gasteiger partial charge in [-0.25, -0.2) is 26.3 Å². The number of halogens is 6. The Bertz CT molecular complexity index is 978. The predicted molar refractivity (Wildman–Crippen MR) is 95.2 cm³/mol. The van der Waals surface area contributed by atoms with E-state index < -0.39 is 63.4 Å². The third-order valence-electron chi connectivity index (χ3n) is 4.91. The normalized spacial score (nSPS) is 15.4. The van der Waals surface area contributed by atoms with Gasteiger partial charge in [0.2, 0.25) is 0 Å². The molecule has 2 N–H and O–H groups in total. The van der Waals surface area contributed by atoms with Crippen LogP contribution in [0.3, 0.4) is 0 Å². The molecule has 1 heterocycles. The molecular weight excluding hydrogens is 430 g/mol. The van der Waals surface area contributed by atoms with E-state index in [1.165, 1.54) is 0 Å². The molecule has 2 aromatic carbocycles. The molecule has 0 spiro atoms. The van der Waals surface area contributed by atoms with E-state index in [2.05, 4.69) is 10.6 Å². The van der Waals surface area contributed by atoms with Crippen molar-refractivity contribution in [3.63, 3.8) is 0 Å². The minimum atomic E-state index is -1.72. The Morgan fingerprint density at radius 1 is 0.774 bits per heavy atom. The van der Waals surface area contributed by atoms with E-state index in [0.29, 0.717) is 24.3 Å². The van der Waals surface area contributed by atoms with Crippen molar-refractivity contribution in [2.24, 2.45) is 0 Å². The fourth-order valence-electron chi connectivity index (χ4n) is 3.15. The van der Waals surface area contributed by atoms with Crippen LogP contribution in [0, 0.1) is 34.9 Å². The Labute approximate surface area is 172 Å². The van der Waals surface area contributed by atoms with Crippen LogP contribution in [0.4, 0.5) is 26.3 Å². The zero-order valence-corrected chi connectivity index (χ0v) is 15.8. The number of hydrogen-bond acceptors (Lipinski definition) is 3. The molecule has 0 saturated carbocycles. The van der Waals surface area contributed by atoms with Crippen LogP contribution in [0.25, 0.3) is 0 Å². The van der Waals surface area contributed by atoms with Crippen LogP contribution in [0.1, 0.15) is 33.6 Å². The van der Waals surface area contributed by atoms with E-state index in [0.717, 1.165) is 0 Å². The summed E-state index contributed by atoms with van der Waals surface area (Å²) in [6.07, 6.45) is 0.384. The second-order valence-corrected chi connectivity index (χ2v) is 7.04. The highest BCUT2D eigenvalue weighted by atomic mass is 19.2. The fraction of sp³-hybridized carbons (Fsp3) is 0.300. The molecule has 0 bridgehead atoms. The quantitative estimate of drug-likeness (QED) is 0.548. The Morgan fingerprint density at radius 2 is 1.19 bits per heavy atom. The monoisotopic (exact) mass is 446 g/mol. The second kappa shape index (κ2) is 8.96. The van der Waals surface area contributed by atoms with Gasteiger partial charge < -0.3 is 15.4 Å². The molecule has 3 rings (SSSR count). The maximum absolute atomic E-state index is 13.4. The molecule has 166 valence electrons. The van der Waals surface area contributed by atoms with Crippen molar-refractivity contribution in [1.82, 2.24) is 10.6 Å². The van der Waals surface area contributed by atoms with Gasteiger partial charge in [-0.3, -0.25) is 9.59 Å². The Kier molecular flexibility index (Phi) is 6.54. The van der Waals surface area contributed by atoms with Crippen LogP contribution < -0.4 is 10.6 Å². The van der Waals surface area contributed by atoms with E-state index in [1.54, 1.807) is 0 Å². The summed E-state index contributed by atoms with van der Waals surface area (Å²) in [6.45, 7) is 0.137. The number of carbonyl (C=O) groups is 2. The van der Waals surface area contributed by atoms with Gasteiger partial charge in [0.15, 0.2) is 34.9 Å². The van der Waals surface area contributed by atoms with Crippen molar-refractivity contribution in [2.45, 2.75) is 18.4 Å². The molecule has 0 aliphatic carbocycles. The van der Waals surface area contributed by atoms with Gasteiger partial charge >= 0.3 is 0 Å². The van der Waals surface area contributed by atoms with Crippen LogP contribution in [-0.2, 0) is 4.74 Å². The largest absolute Gasteiger partial charge is 0.381 e. The lowest BCUT2D eigenvalue weighted by atomic mass is 9.89. The predicted octanol–water partition coefficient (Wildman–Crippen LogP) is 3.23. The number of hydrogen-bond donors (Lipinski definition) is 2. The first-order chi connectivity index (χ1) is 14.6. The Balaban J connectivity index is 1.76. The molecule has 31 heavy (non-hydrogen) atoms. The highest BCUT2D eigenvalue weighted by molar-refractivity contribution is 5.95. The zero-order valence-electron chi connectivity index (χ0n) is 15.8. The van der Waals surface area contributed by atoms with E-state index in [9.17, 15) is 35.9 Å². The molecule has 1 fully saturated rings. The summed E-state index contributed by atoms with van der Waals surface area (Å²) in [6, 6.07) is 2.10. The van der Waals surface area contributed by atoms with Gasteiger partial charge in [0, 0.05) is 30.9 Å². The minimum absolute atomic E-state index is 0.183. The van der Waals surface area contributed by atoms with Crippen LogP contribution in [0.2, 0.25) is 0 Å². The van der Waals surface area contributed by atoms with Gasteiger partial charge in [0.05, 0.1) is 5.54 Å². The van der Waals surface area contributed by atoms with E-state index in [1.807, 2.05) is 0 Å². The number of ether oxygens (including phenoxy) is 1. The van der Waals surface area contributed by atoms with Crippen molar-refractivity contribution < 1.29 is 40.7 Å². The van der Waals surface area contributed by atoms with E-state index >= 15 is 0 Å². The first-order valence-corrected chi connectivity index (χ1v) is 9.09. The van der Waals surface area contributed by atoms with Gasteiger partial charge in [-0.2, -0.15) is 0 Å². The maximum atomic E-state index is 13.4. The molecule has 0 aromatic heterocycles. The number of benzene rings is 2. The fourth-order valence-corrected chi connectivity index (χ4v) is 3.15. The first kappa shape index (κ1) is 22.6. The highest BCUT2D eigenvalue weighted by Crippen LogP contribution is 2.22. The van der Waals surface area contributed by atoms with E-state index in [-0.39, 0.29) is 32.6 Å². The van der Waals surface area contributed by atoms with Crippen LogP contribution >= 0.6 is 0 Å². The minimum Gasteiger partial charge on any atom is -0.381 e. The SMILES string of the molecule is O=C(NCC1(NC(=O)c2cc(F)c(F)c(F)c2)CCOCC1)c1cc(F)c(F)c(F)c1. The molecule has 2 aromatic rings. The van der Waals surface area contributed by atoms with E-state index in [4.69, 9.17) is 4.74 Å². The van der Waals surface area contributed by atoms with Crippen molar-refractivity contribution in [2.75, 3.05) is 19.8 Å². The molecule has 11 heteroatoms. The van der Waals surface area contributed by atoms with Crippen LogP contribution in [0.15, 0.2) is 24.3 Å². The molecule has 1 aliphatic heterocycles. The first-order valence-electron chi connectivity index (χ1n) is 9.09. The lowest BCUT2D eigenvalue weighted by Gasteiger charge is -2.38. The molecule has 2 amide bonds. The molecule has 0 unspecified atom stereocenters. The van der Waals surface area contributed by atoms with Crippen molar-refractivity contribution >= 4 is 11.8 Å². The average molecular weight is 446 g/mol. The topological polar surface area (TPSA) is 67.4 Å². The summed E-state index contributed by atoms with van der Waals surface area (Å²) in [7, 11) is 0. The molecule has 0 atom stereocenters. The summed E-state index contributed by atoms with van der Waals surface area (Å²) < 4.78 is 85.1. The summed E-state index contributed by atoms with van der Waals surface area (Å²) >= 11 is 0. The van der Waals surface area contributed by atoms with Crippen molar-refractivity contribution in [3.05, 3.63) is 70.3 Å². The summed E-state index contributed by atoms with van der Waals surface area (Å²) in [5, 5.41) is 4.96. The van der Waals surface area contributed by atoms with Crippen molar-refractivity contribution in [1.29, 1.82) is 0 Å². The van der Waals surface area contributed by atoms with Gasteiger partial charge in [-0.1, -0.05) is 0 Å². The van der Waals surface area contributed by atoms with Crippen molar-refractivity contribution in [3.8, 4) is 0 Å². The summed E-state index contributed by atoms with van der Waals surface area (Å²) in [5.41, 5.74) is -2.08. The smallest absolute Gasteiger partial charge is 0.251 e. The average Bonchev–Trinajstić information content (AvgIpc) is 2.74. The van der Waals surface area contributed by atoms with Gasteiger partial charge in [0.1, 0.15) is 0 Å². The third kappa shape index (κ3) is 4.98. The Morgan fingerprint density at radius 3 is 1.65 bits per heavy atom. The number of nitrogens with one attached hydrogen (secondary N) is 2. The number of amides is 2. The van der Waals surface area contributed by atoms with Gasteiger partial charge in [0.25, 0.3) is 11.8 Å². The molecule has 0 radical (unpaired) electrons. The molecule has 1 saturated heterocycles. The molecule has 5 nitrogen and oxygen atoms in total. The lowest BCUT2D eigenvalue weighted by molar-refractivity contribution is 0.0352. The third-order valence-corrected chi connectivity index (χ3v) is 4.91. The Hall–Kier alpha value is -3.08. The number of rotatable bonds is 5. The number of carbonyl (C=O) groups excluding carboxylic acids is 2. The van der Waals surface area contributed by atoms with Crippen LogP contribution in [-0.4, -0.2) is 37.1 Å². The van der Waals surface area contributed by atoms with Gasteiger partial charge in [-0.15, -0.1) is 0 Å². The van der Waals surface area contributed by atoms with Gasteiger partial charge in [-0.05, 0) is 37.1 Å².